The summed E-state index contributed by atoms with van der Waals surface area (Å²) in [6.07, 6.45) is 3.53. The highest BCUT2D eigenvalue weighted by molar-refractivity contribution is 6.31. The average Bonchev–Trinajstić information content (AvgIpc) is 2.44. The highest BCUT2D eigenvalue weighted by atomic mass is 35.5. The van der Waals surface area contributed by atoms with E-state index in [1.165, 1.54) is 19.2 Å². The summed E-state index contributed by atoms with van der Waals surface area (Å²) in [5.74, 6) is -0.488. The minimum Gasteiger partial charge on any atom is -0.469 e. The molecule has 1 atom stereocenters. The molecule has 0 radical (unpaired) electrons. The van der Waals surface area contributed by atoms with E-state index in [1.54, 1.807) is 6.07 Å². The Morgan fingerprint density at radius 3 is 3.05 bits per heavy atom. The molecule has 1 aromatic carbocycles. The van der Waals surface area contributed by atoms with Crippen LogP contribution in [0.5, 0.6) is 0 Å². The molecule has 0 N–H and O–H groups in total. The first-order valence-corrected chi connectivity index (χ1v) is 7.22. The molecule has 0 amide bonds. The summed E-state index contributed by atoms with van der Waals surface area (Å²) in [6, 6.07) is 4.54. The van der Waals surface area contributed by atoms with Gasteiger partial charge in [0.25, 0.3) is 0 Å². The second kappa shape index (κ2) is 7.04. The minimum absolute atomic E-state index is 0.149. The number of hydrogen-bond donors (Lipinski definition) is 0. The van der Waals surface area contributed by atoms with Gasteiger partial charge < -0.3 is 4.74 Å². The first-order chi connectivity index (χ1) is 9.60. The Balaban J connectivity index is 2.08. The van der Waals surface area contributed by atoms with Crippen LogP contribution in [0.15, 0.2) is 18.2 Å². The molecule has 1 heterocycles. The lowest BCUT2D eigenvalue weighted by Crippen LogP contribution is -2.40. The molecule has 20 heavy (non-hydrogen) atoms. The maximum atomic E-state index is 13.3. The number of likely N-dealkylation sites (tertiary alicyclic amines) is 1. The SMILES string of the molecule is COC(=O)CC1CCCCN1Cc1cc(F)ccc1Cl. The van der Waals surface area contributed by atoms with Crippen molar-refractivity contribution in [2.75, 3.05) is 13.7 Å². The topological polar surface area (TPSA) is 29.5 Å². The number of carbonyl (C=O) groups excluding carboxylic acids is 1. The maximum absolute atomic E-state index is 13.3. The van der Waals surface area contributed by atoms with E-state index in [0.717, 1.165) is 31.4 Å². The molecule has 0 aliphatic carbocycles. The highest BCUT2D eigenvalue weighted by Gasteiger charge is 2.25. The van der Waals surface area contributed by atoms with Crippen LogP contribution in [-0.4, -0.2) is 30.6 Å². The Morgan fingerprint density at radius 1 is 1.50 bits per heavy atom. The summed E-state index contributed by atoms with van der Waals surface area (Å²) in [5.41, 5.74) is 0.767. The predicted molar refractivity (Wildman–Crippen MR) is 76.1 cm³/mol. The zero-order valence-electron chi connectivity index (χ0n) is 11.6. The summed E-state index contributed by atoms with van der Waals surface area (Å²) >= 11 is 6.11. The van der Waals surface area contributed by atoms with Crippen LogP contribution < -0.4 is 0 Å². The van der Waals surface area contributed by atoms with Gasteiger partial charge in [-0.3, -0.25) is 9.69 Å². The van der Waals surface area contributed by atoms with Gasteiger partial charge in [-0.25, -0.2) is 4.39 Å². The van der Waals surface area contributed by atoms with E-state index in [4.69, 9.17) is 16.3 Å². The zero-order valence-corrected chi connectivity index (χ0v) is 12.3. The fourth-order valence-electron chi connectivity index (χ4n) is 2.66. The van der Waals surface area contributed by atoms with Crippen molar-refractivity contribution in [3.63, 3.8) is 0 Å². The van der Waals surface area contributed by atoms with Crippen LogP contribution in [0.2, 0.25) is 5.02 Å². The summed E-state index contributed by atoms with van der Waals surface area (Å²) < 4.78 is 18.1. The van der Waals surface area contributed by atoms with Gasteiger partial charge in [0.1, 0.15) is 5.82 Å². The molecule has 2 rings (SSSR count). The zero-order chi connectivity index (χ0) is 14.5. The molecule has 3 nitrogen and oxygen atoms in total. The van der Waals surface area contributed by atoms with E-state index in [9.17, 15) is 9.18 Å². The molecule has 0 saturated carbocycles. The van der Waals surface area contributed by atoms with Crippen LogP contribution in [0.1, 0.15) is 31.2 Å². The second-order valence-corrected chi connectivity index (χ2v) is 5.54. The van der Waals surface area contributed by atoms with Crippen molar-refractivity contribution < 1.29 is 13.9 Å². The van der Waals surface area contributed by atoms with E-state index in [2.05, 4.69) is 4.90 Å². The number of carbonyl (C=O) groups is 1. The molecule has 110 valence electrons. The summed E-state index contributed by atoms with van der Waals surface area (Å²) in [4.78, 5) is 13.7. The van der Waals surface area contributed by atoms with Crippen LogP contribution in [0, 0.1) is 5.82 Å². The van der Waals surface area contributed by atoms with Gasteiger partial charge in [-0.1, -0.05) is 18.0 Å². The molecule has 1 fully saturated rings. The molecule has 0 spiro atoms. The number of rotatable bonds is 4. The molecule has 5 heteroatoms. The lowest BCUT2D eigenvalue weighted by atomic mass is 9.98. The molecule has 1 aliphatic rings. The predicted octanol–water partition coefficient (Wildman–Crippen LogP) is 3.40. The maximum Gasteiger partial charge on any atom is 0.307 e. The molecule has 0 aromatic heterocycles. The Labute approximate surface area is 123 Å². The Morgan fingerprint density at radius 2 is 2.30 bits per heavy atom. The smallest absolute Gasteiger partial charge is 0.307 e. The van der Waals surface area contributed by atoms with Crippen molar-refractivity contribution in [1.82, 2.24) is 4.90 Å². The second-order valence-electron chi connectivity index (χ2n) is 5.14. The summed E-state index contributed by atoms with van der Waals surface area (Å²) in [5, 5.41) is 0.564. The highest BCUT2D eigenvalue weighted by Crippen LogP contribution is 2.25. The number of hydrogen-bond acceptors (Lipinski definition) is 3. The van der Waals surface area contributed by atoms with Crippen LogP contribution in [0.4, 0.5) is 4.39 Å². The summed E-state index contributed by atoms with van der Waals surface area (Å²) in [6.45, 7) is 1.47. The van der Waals surface area contributed by atoms with Crippen molar-refractivity contribution in [3.8, 4) is 0 Å². The van der Waals surface area contributed by atoms with Gasteiger partial charge in [0.15, 0.2) is 0 Å². The number of methoxy groups -OCH3 is 1. The Bertz CT molecular complexity index is 481. The molecular formula is C15H19ClFNO2. The molecule has 1 aliphatic heterocycles. The summed E-state index contributed by atoms with van der Waals surface area (Å²) in [7, 11) is 1.40. The van der Waals surface area contributed by atoms with Gasteiger partial charge in [0.2, 0.25) is 0 Å². The Hall–Kier alpha value is -1.13. The third kappa shape index (κ3) is 3.93. The van der Waals surface area contributed by atoms with Crippen LogP contribution in [0.3, 0.4) is 0 Å². The quantitative estimate of drug-likeness (QED) is 0.798. The fraction of sp³-hybridized carbons (Fsp3) is 0.533. The number of halogens is 2. The third-order valence-electron chi connectivity index (χ3n) is 3.76. The largest absolute Gasteiger partial charge is 0.469 e. The van der Waals surface area contributed by atoms with E-state index in [-0.39, 0.29) is 17.8 Å². The number of esters is 1. The monoisotopic (exact) mass is 299 g/mol. The van der Waals surface area contributed by atoms with Gasteiger partial charge in [0.05, 0.1) is 13.5 Å². The molecule has 1 unspecified atom stereocenters. The van der Waals surface area contributed by atoms with E-state index in [1.807, 2.05) is 0 Å². The lowest BCUT2D eigenvalue weighted by molar-refractivity contribution is -0.142. The van der Waals surface area contributed by atoms with Crippen LogP contribution >= 0.6 is 11.6 Å². The van der Waals surface area contributed by atoms with Crippen LogP contribution in [-0.2, 0) is 16.1 Å². The standard InChI is InChI=1S/C15H19ClFNO2/c1-20-15(19)9-13-4-2-3-7-18(13)10-11-8-12(17)5-6-14(11)16/h5-6,8,13H,2-4,7,9-10H2,1H3. The average molecular weight is 300 g/mol. The fourth-order valence-corrected chi connectivity index (χ4v) is 2.84. The normalized spacial score (nSPS) is 19.9. The first-order valence-electron chi connectivity index (χ1n) is 6.85. The number of piperidine rings is 1. The van der Waals surface area contributed by atoms with Gasteiger partial charge in [-0.15, -0.1) is 0 Å². The number of nitrogens with zero attached hydrogens (tertiary/aromatic N) is 1. The molecule has 1 saturated heterocycles. The van der Waals surface area contributed by atoms with Crippen molar-refractivity contribution in [1.29, 1.82) is 0 Å². The van der Waals surface area contributed by atoms with Crippen molar-refractivity contribution >= 4 is 17.6 Å². The van der Waals surface area contributed by atoms with E-state index >= 15 is 0 Å². The number of benzene rings is 1. The van der Waals surface area contributed by atoms with Gasteiger partial charge >= 0.3 is 5.97 Å². The molecular weight excluding hydrogens is 281 g/mol. The van der Waals surface area contributed by atoms with Crippen molar-refractivity contribution in [2.24, 2.45) is 0 Å². The third-order valence-corrected chi connectivity index (χ3v) is 4.13. The van der Waals surface area contributed by atoms with Crippen LogP contribution in [0.25, 0.3) is 0 Å². The van der Waals surface area contributed by atoms with E-state index < -0.39 is 0 Å². The van der Waals surface area contributed by atoms with E-state index in [0.29, 0.717) is 18.0 Å². The van der Waals surface area contributed by atoms with Gasteiger partial charge in [-0.2, -0.15) is 0 Å². The number of ether oxygens (including phenoxy) is 1. The van der Waals surface area contributed by atoms with Crippen molar-refractivity contribution in [2.45, 2.75) is 38.3 Å². The minimum atomic E-state index is -0.286. The Kier molecular flexibility index (Phi) is 5.38. The first kappa shape index (κ1) is 15.3. The van der Waals surface area contributed by atoms with Crippen molar-refractivity contribution in [3.05, 3.63) is 34.6 Å². The lowest BCUT2D eigenvalue weighted by Gasteiger charge is -2.35. The van der Waals surface area contributed by atoms with Gasteiger partial charge in [-0.05, 0) is 43.1 Å². The molecule has 0 bridgehead atoms. The van der Waals surface area contributed by atoms with Gasteiger partial charge in [0, 0.05) is 17.6 Å². The molecule has 1 aromatic rings.